The first-order valence-corrected chi connectivity index (χ1v) is 8.94. The van der Waals surface area contributed by atoms with Gasteiger partial charge in [0.25, 0.3) is 0 Å². The molecule has 0 aliphatic carbocycles. The van der Waals surface area contributed by atoms with Crippen LogP contribution in [0, 0.1) is 5.92 Å². The summed E-state index contributed by atoms with van der Waals surface area (Å²) in [4.78, 5) is 11.3. The first-order chi connectivity index (χ1) is 11.1. The summed E-state index contributed by atoms with van der Waals surface area (Å²) in [5, 5.41) is 3.45. The molecule has 1 aromatic rings. The number of nitrogens with one attached hydrogen (secondary N) is 1. The van der Waals surface area contributed by atoms with E-state index in [1.54, 1.807) is 0 Å². The van der Waals surface area contributed by atoms with E-state index in [2.05, 4.69) is 31.8 Å². The van der Waals surface area contributed by atoms with Gasteiger partial charge in [-0.25, -0.2) is 0 Å². The van der Waals surface area contributed by atoms with Gasteiger partial charge in [0, 0.05) is 30.8 Å². The van der Waals surface area contributed by atoms with Crippen LogP contribution in [0.5, 0.6) is 0 Å². The van der Waals surface area contributed by atoms with Crippen molar-refractivity contribution in [3.63, 3.8) is 0 Å². The summed E-state index contributed by atoms with van der Waals surface area (Å²) in [5.74, 6) is 1.10. The Bertz CT molecular complexity index is 430. The topological polar surface area (TPSA) is 64.3 Å². The molecule has 1 aromatic carbocycles. The molecule has 2 unspecified atom stereocenters. The van der Waals surface area contributed by atoms with Crippen molar-refractivity contribution in [2.75, 3.05) is 18.9 Å². The molecule has 0 aliphatic heterocycles. The van der Waals surface area contributed by atoms with Gasteiger partial charge in [-0.1, -0.05) is 50.6 Å². The van der Waals surface area contributed by atoms with Gasteiger partial charge < -0.3 is 20.6 Å². The first kappa shape index (κ1) is 20.2. The molecule has 0 aliphatic rings. The molecule has 0 amide bonds. The lowest BCUT2D eigenvalue weighted by atomic mass is 9.99. The zero-order valence-electron chi connectivity index (χ0n) is 14.2. The maximum absolute atomic E-state index is 11.3. The predicted octanol–water partition coefficient (Wildman–Crippen LogP) is 2.07. The summed E-state index contributed by atoms with van der Waals surface area (Å²) < 4.78 is 5.86. The van der Waals surface area contributed by atoms with Crippen LogP contribution in [-0.2, 0) is 16.0 Å². The Morgan fingerprint density at radius 2 is 2.04 bits per heavy atom. The number of ether oxygens (including phenoxy) is 1. The molecule has 0 fully saturated rings. The van der Waals surface area contributed by atoms with E-state index in [-0.39, 0.29) is 12.1 Å². The van der Waals surface area contributed by atoms with Gasteiger partial charge >= 0.3 is 0 Å². The zero-order chi connectivity index (χ0) is 17.1. The van der Waals surface area contributed by atoms with Crippen LogP contribution in [0.15, 0.2) is 30.3 Å². The minimum atomic E-state index is -0.413. The Labute approximate surface area is 145 Å². The number of hydrogen-bond donors (Lipinski definition) is 3. The Kier molecular flexibility index (Phi) is 10.2. The molecule has 0 saturated carbocycles. The highest BCUT2D eigenvalue weighted by molar-refractivity contribution is 7.80. The fourth-order valence-electron chi connectivity index (χ4n) is 2.30. The van der Waals surface area contributed by atoms with Crippen molar-refractivity contribution in [2.24, 2.45) is 11.7 Å². The maximum Gasteiger partial charge on any atom is 0.149 e. The molecule has 0 heterocycles. The third kappa shape index (κ3) is 7.97. The van der Waals surface area contributed by atoms with E-state index >= 15 is 0 Å². The number of aldehydes is 1. The van der Waals surface area contributed by atoms with Crippen LogP contribution in [0.4, 0.5) is 0 Å². The van der Waals surface area contributed by atoms with Crippen molar-refractivity contribution < 1.29 is 9.53 Å². The largest absolute Gasteiger partial charge is 0.369 e. The van der Waals surface area contributed by atoms with E-state index in [9.17, 15) is 4.79 Å². The van der Waals surface area contributed by atoms with Gasteiger partial charge in [0.1, 0.15) is 12.4 Å². The van der Waals surface area contributed by atoms with Gasteiger partial charge in [0.2, 0.25) is 0 Å². The lowest BCUT2D eigenvalue weighted by molar-refractivity contribution is -0.118. The highest BCUT2D eigenvalue weighted by atomic mass is 32.1. The van der Waals surface area contributed by atoms with Crippen LogP contribution in [-0.4, -0.2) is 43.4 Å². The third-order valence-electron chi connectivity index (χ3n) is 4.13. The fourth-order valence-corrected chi connectivity index (χ4v) is 2.43. The second-order valence-electron chi connectivity index (χ2n) is 6.04. The summed E-state index contributed by atoms with van der Waals surface area (Å²) in [5.41, 5.74) is 7.02. The number of rotatable bonds is 12. The lowest BCUT2D eigenvalue weighted by Crippen LogP contribution is -2.46. The van der Waals surface area contributed by atoms with Crippen molar-refractivity contribution in [3.05, 3.63) is 35.9 Å². The van der Waals surface area contributed by atoms with Crippen LogP contribution < -0.4 is 11.1 Å². The summed E-state index contributed by atoms with van der Waals surface area (Å²) in [6.07, 6.45) is 2.12. The average Bonchev–Trinajstić information content (AvgIpc) is 2.60. The van der Waals surface area contributed by atoms with Crippen LogP contribution in [0.2, 0.25) is 0 Å². The number of hydrogen-bond acceptors (Lipinski definition) is 5. The van der Waals surface area contributed by atoms with Crippen LogP contribution in [0.25, 0.3) is 0 Å². The minimum Gasteiger partial charge on any atom is -0.369 e. The number of nitrogens with two attached hydrogens (primary N) is 1. The molecule has 5 heteroatoms. The Morgan fingerprint density at radius 3 is 2.61 bits per heavy atom. The normalized spacial score (nSPS) is 16.5. The fraction of sp³-hybridized carbons (Fsp3) is 0.611. The van der Waals surface area contributed by atoms with Crippen LogP contribution >= 0.6 is 12.6 Å². The van der Waals surface area contributed by atoms with Crippen LogP contribution in [0.3, 0.4) is 0 Å². The molecule has 23 heavy (non-hydrogen) atoms. The summed E-state index contributed by atoms with van der Waals surface area (Å²) in [7, 11) is 0. The molecule has 1 rings (SSSR count). The molecule has 130 valence electrons. The minimum absolute atomic E-state index is 0.0241. The second kappa shape index (κ2) is 11.6. The number of carbonyl (C=O) groups is 1. The lowest BCUT2D eigenvalue weighted by Gasteiger charge is -2.27. The van der Waals surface area contributed by atoms with Gasteiger partial charge in [-0.05, 0) is 11.5 Å². The van der Waals surface area contributed by atoms with Crippen molar-refractivity contribution in [1.82, 2.24) is 5.32 Å². The van der Waals surface area contributed by atoms with Crippen molar-refractivity contribution in [3.8, 4) is 0 Å². The molecule has 0 spiro atoms. The maximum atomic E-state index is 11.3. The Morgan fingerprint density at radius 1 is 1.35 bits per heavy atom. The summed E-state index contributed by atoms with van der Waals surface area (Å²) >= 11 is 4.21. The van der Waals surface area contributed by atoms with Gasteiger partial charge in [0.05, 0.1) is 6.61 Å². The Balaban J connectivity index is 2.51. The molecule has 0 bridgehead atoms. The third-order valence-corrected chi connectivity index (χ3v) is 4.60. The molecule has 0 aromatic heterocycles. The molecule has 3 N–H and O–H groups in total. The number of carbonyl (C=O) groups excluding carboxylic acids is 1. The highest BCUT2D eigenvalue weighted by Gasteiger charge is 2.19. The predicted molar refractivity (Wildman–Crippen MR) is 99.0 cm³/mol. The number of benzene rings is 1. The van der Waals surface area contributed by atoms with Crippen LogP contribution in [0.1, 0.15) is 25.8 Å². The van der Waals surface area contributed by atoms with Gasteiger partial charge in [-0.2, -0.15) is 12.6 Å². The number of thiol groups is 1. The molecule has 4 nitrogen and oxygen atoms in total. The SMILES string of the molecule is CC[C@H](C)C(CO[C@@H](C=O)Cc1ccccc1)NCC(N)CS. The molecule has 0 radical (unpaired) electrons. The summed E-state index contributed by atoms with van der Waals surface area (Å²) in [6.45, 7) is 5.54. The van der Waals surface area contributed by atoms with E-state index in [0.29, 0.717) is 31.2 Å². The molecular formula is C18H30N2O2S. The van der Waals surface area contributed by atoms with E-state index in [1.807, 2.05) is 30.3 Å². The van der Waals surface area contributed by atoms with E-state index in [1.165, 1.54) is 0 Å². The highest BCUT2D eigenvalue weighted by Crippen LogP contribution is 2.11. The zero-order valence-corrected chi connectivity index (χ0v) is 15.0. The first-order valence-electron chi connectivity index (χ1n) is 8.31. The second-order valence-corrected chi connectivity index (χ2v) is 6.41. The molecular weight excluding hydrogens is 308 g/mol. The standard InChI is InChI=1S/C18H30N2O2S/c1-3-14(2)18(20-10-16(19)13-23)12-22-17(11-21)9-15-7-5-4-6-8-15/h4-8,11,14,16-18,20,23H,3,9-10,12-13,19H2,1-2H3/t14-,16?,17+,18?/m0/s1. The molecule has 0 saturated heterocycles. The quantitative estimate of drug-likeness (QED) is 0.403. The van der Waals surface area contributed by atoms with E-state index < -0.39 is 6.10 Å². The molecule has 4 atom stereocenters. The smallest absolute Gasteiger partial charge is 0.149 e. The van der Waals surface area contributed by atoms with Gasteiger partial charge in [0.15, 0.2) is 0 Å². The Hall–Kier alpha value is -0.880. The average molecular weight is 339 g/mol. The van der Waals surface area contributed by atoms with E-state index in [4.69, 9.17) is 10.5 Å². The van der Waals surface area contributed by atoms with Gasteiger partial charge in [-0.3, -0.25) is 0 Å². The summed E-state index contributed by atoms with van der Waals surface area (Å²) in [6, 6.07) is 10.1. The van der Waals surface area contributed by atoms with Gasteiger partial charge in [-0.15, -0.1) is 0 Å². The van der Waals surface area contributed by atoms with Crippen molar-refractivity contribution >= 4 is 18.9 Å². The van der Waals surface area contributed by atoms with E-state index in [0.717, 1.165) is 18.3 Å². The van der Waals surface area contributed by atoms with Crippen molar-refractivity contribution in [1.29, 1.82) is 0 Å². The monoisotopic (exact) mass is 338 g/mol. The van der Waals surface area contributed by atoms with Crippen molar-refractivity contribution in [2.45, 2.75) is 44.9 Å².